The number of nitriles is 1. The molecule has 6 aromatic rings. The van der Waals surface area contributed by atoms with Gasteiger partial charge in [0.15, 0.2) is 0 Å². The summed E-state index contributed by atoms with van der Waals surface area (Å²) in [6, 6.07) is 43.9. The molecule has 0 atom stereocenters. The van der Waals surface area contributed by atoms with Crippen LogP contribution in [-0.2, 0) is 0 Å². The first-order chi connectivity index (χ1) is 17.3. The van der Waals surface area contributed by atoms with Crippen molar-refractivity contribution in [3.05, 3.63) is 133 Å². The quantitative estimate of drug-likeness (QED) is 0.255. The number of aromatic nitrogens is 1. The summed E-state index contributed by atoms with van der Waals surface area (Å²) in [5, 5.41) is 14.0. The van der Waals surface area contributed by atoms with Gasteiger partial charge in [0.25, 0.3) is 0 Å². The van der Waals surface area contributed by atoms with E-state index in [1.165, 1.54) is 21.9 Å². The lowest BCUT2D eigenvalue weighted by Gasteiger charge is -2.28. The van der Waals surface area contributed by atoms with Crippen molar-refractivity contribution in [1.29, 1.82) is 5.26 Å². The highest BCUT2D eigenvalue weighted by molar-refractivity contribution is 6.22. The van der Waals surface area contributed by atoms with Gasteiger partial charge >= 0.3 is 0 Å². The van der Waals surface area contributed by atoms with Gasteiger partial charge in [-0.05, 0) is 46.2 Å². The van der Waals surface area contributed by atoms with Gasteiger partial charge < -0.3 is 0 Å². The molecule has 0 N–H and O–H groups in total. The zero-order chi connectivity index (χ0) is 23.6. The predicted octanol–water partition coefficient (Wildman–Crippen LogP) is 8.40. The van der Waals surface area contributed by atoms with Crippen LogP contribution in [0.25, 0.3) is 32.7 Å². The van der Waals surface area contributed by atoms with Gasteiger partial charge in [-0.3, -0.25) is 4.90 Å². The summed E-state index contributed by atoms with van der Waals surface area (Å²) in [7, 11) is 0. The van der Waals surface area contributed by atoms with Crippen LogP contribution in [0.15, 0.2) is 128 Å². The normalized spacial score (nSPS) is 10.8. The molecule has 0 aliphatic rings. The average molecular weight is 448 g/mol. The molecule has 0 saturated carbocycles. The molecule has 5 aromatic carbocycles. The SMILES string of the molecule is N#Cc1ccc(N(c2ccccc2)c2c3ccccc3c(-c3ccccc3)c3ccccc23)nc1. The standard InChI is InChI=1S/C32H21N3/c33-21-23-19-20-30(34-22-23)35(25-13-5-2-6-14-25)32-28-17-9-7-15-26(28)31(24-11-3-1-4-12-24)27-16-8-10-18-29(27)32/h1-20,22H. The van der Waals surface area contributed by atoms with E-state index >= 15 is 0 Å². The molecule has 0 unspecified atom stereocenters. The van der Waals surface area contributed by atoms with Gasteiger partial charge in [-0.25, -0.2) is 4.98 Å². The van der Waals surface area contributed by atoms with Crippen LogP contribution in [0.3, 0.4) is 0 Å². The molecule has 0 saturated heterocycles. The van der Waals surface area contributed by atoms with Crippen LogP contribution in [0.5, 0.6) is 0 Å². The van der Waals surface area contributed by atoms with E-state index in [9.17, 15) is 5.26 Å². The Balaban J connectivity index is 1.75. The Bertz CT molecular complexity index is 1630. The van der Waals surface area contributed by atoms with Crippen LogP contribution in [-0.4, -0.2) is 4.98 Å². The molecular formula is C32H21N3. The highest BCUT2D eigenvalue weighted by Gasteiger charge is 2.22. The Kier molecular flexibility index (Phi) is 5.18. The lowest BCUT2D eigenvalue weighted by Crippen LogP contribution is -2.13. The van der Waals surface area contributed by atoms with Crippen LogP contribution in [0.4, 0.5) is 17.2 Å². The van der Waals surface area contributed by atoms with E-state index in [4.69, 9.17) is 4.98 Å². The first-order valence-corrected chi connectivity index (χ1v) is 11.6. The van der Waals surface area contributed by atoms with Gasteiger partial charge in [0.05, 0.1) is 11.3 Å². The zero-order valence-corrected chi connectivity index (χ0v) is 19.0. The molecule has 0 spiro atoms. The third-order valence-electron chi connectivity index (χ3n) is 6.31. The summed E-state index contributed by atoms with van der Waals surface area (Å²) in [6.07, 6.45) is 1.63. The Morgan fingerprint density at radius 1 is 0.571 bits per heavy atom. The lowest BCUT2D eigenvalue weighted by atomic mass is 9.90. The Hall–Kier alpha value is -4.94. The summed E-state index contributed by atoms with van der Waals surface area (Å²) in [4.78, 5) is 6.90. The minimum Gasteiger partial charge on any atom is -0.294 e. The van der Waals surface area contributed by atoms with Crippen molar-refractivity contribution in [2.24, 2.45) is 0 Å². The molecule has 0 aliphatic heterocycles. The van der Waals surface area contributed by atoms with Crippen molar-refractivity contribution in [1.82, 2.24) is 4.98 Å². The summed E-state index contributed by atoms with van der Waals surface area (Å²) in [6.45, 7) is 0. The number of hydrogen-bond acceptors (Lipinski definition) is 3. The van der Waals surface area contributed by atoms with E-state index in [2.05, 4.69) is 102 Å². The van der Waals surface area contributed by atoms with Crippen LogP contribution < -0.4 is 4.90 Å². The number of rotatable bonds is 4. The summed E-state index contributed by atoms with van der Waals surface area (Å²) in [5.41, 5.74) is 5.03. The van der Waals surface area contributed by atoms with Crippen molar-refractivity contribution in [3.8, 4) is 17.2 Å². The van der Waals surface area contributed by atoms with E-state index in [-0.39, 0.29) is 0 Å². The Labute approximate surface area is 204 Å². The number of benzene rings is 5. The number of nitrogens with zero attached hydrogens (tertiary/aromatic N) is 3. The molecule has 6 rings (SSSR count). The van der Waals surface area contributed by atoms with E-state index in [0.717, 1.165) is 28.0 Å². The first kappa shape index (κ1) is 20.7. The molecule has 1 aromatic heterocycles. The van der Waals surface area contributed by atoms with Gasteiger partial charge in [0.1, 0.15) is 11.9 Å². The molecular weight excluding hydrogens is 426 g/mol. The second kappa shape index (κ2) is 8.78. The van der Waals surface area contributed by atoms with Crippen LogP contribution in [0, 0.1) is 11.3 Å². The number of anilines is 3. The van der Waals surface area contributed by atoms with E-state index in [0.29, 0.717) is 5.56 Å². The maximum atomic E-state index is 9.32. The smallest absolute Gasteiger partial charge is 0.137 e. The molecule has 1 heterocycles. The Morgan fingerprint density at radius 3 is 1.66 bits per heavy atom. The molecule has 0 bridgehead atoms. The molecule has 0 fully saturated rings. The third kappa shape index (κ3) is 3.58. The van der Waals surface area contributed by atoms with Gasteiger partial charge in [-0.15, -0.1) is 0 Å². The minimum absolute atomic E-state index is 0.538. The minimum atomic E-state index is 0.538. The van der Waals surface area contributed by atoms with Crippen molar-refractivity contribution >= 4 is 38.7 Å². The predicted molar refractivity (Wildman–Crippen MR) is 144 cm³/mol. The van der Waals surface area contributed by atoms with E-state index in [1.807, 2.05) is 30.3 Å². The topological polar surface area (TPSA) is 39.9 Å². The number of pyridine rings is 1. The number of para-hydroxylation sites is 1. The fraction of sp³-hybridized carbons (Fsp3) is 0. The highest BCUT2D eigenvalue weighted by Crippen LogP contribution is 2.47. The molecule has 164 valence electrons. The number of fused-ring (bicyclic) bond motifs is 2. The molecule has 0 amide bonds. The van der Waals surface area contributed by atoms with Crippen molar-refractivity contribution in [3.63, 3.8) is 0 Å². The molecule has 3 heteroatoms. The van der Waals surface area contributed by atoms with Crippen molar-refractivity contribution < 1.29 is 0 Å². The second-order valence-electron chi connectivity index (χ2n) is 8.37. The average Bonchev–Trinajstić information content (AvgIpc) is 2.94. The summed E-state index contributed by atoms with van der Waals surface area (Å²) >= 11 is 0. The maximum absolute atomic E-state index is 9.32. The van der Waals surface area contributed by atoms with Gasteiger partial charge in [-0.2, -0.15) is 5.26 Å². The maximum Gasteiger partial charge on any atom is 0.137 e. The van der Waals surface area contributed by atoms with Gasteiger partial charge in [-0.1, -0.05) is 97.1 Å². The van der Waals surface area contributed by atoms with Crippen molar-refractivity contribution in [2.45, 2.75) is 0 Å². The van der Waals surface area contributed by atoms with Gasteiger partial charge in [0, 0.05) is 22.7 Å². The largest absolute Gasteiger partial charge is 0.294 e. The monoisotopic (exact) mass is 447 g/mol. The molecule has 0 aliphatic carbocycles. The van der Waals surface area contributed by atoms with Crippen molar-refractivity contribution in [2.75, 3.05) is 4.90 Å². The fourth-order valence-corrected chi connectivity index (χ4v) is 4.80. The van der Waals surface area contributed by atoms with Crippen LogP contribution >= 0.6 is 0 Å². The molecule has 35 heavy (non-hydrogen) atoms. The van der Waals surface area contributed by atoms with Gasteiger partial charge in [0.2, 0.25) is 0 Å². The molecule has 3 nitrogen and oxygen atoms in total. The van der Waals surface area contributed by atoms with Crippen LogP contribution in [0.2, 0.25) is 0 Å². The Morgan fingerprint density at radius 2 is 1.11 bits per heavy atom. The van der Waals surface area contributed by atoms with Crippen LogP contribution in [0.1, 0.15) is 5.56 Å². The zero-order valence-electron chi connectivity index (χ0n) is 19.0. The second-order valence-corrected chi connectivity index (χ2v) is 8.37. The highest BCUT2D eigenvalue weighted by atomic mass is 15.2. The number of hydrogen-bond donors (Lipinski definition) is 0. The lowest BCUT2D eigenvalue weighted by molar-refractivity contribution is 1.18. The molecule has 0 radical (unpaired) electrons. The summed E-state index contributed by atoms with van der Waals surface area (Å²) < 4.78 is 0. The summed E-state index contributed by atoms with van der Waals surface area (Å²) in [5.74, 6) is 0.762. The van der Waals surface area contributed by atoms with E-state index in [1.54, 1.807) is 6.20 Å². The first-order valence-electron chi connectivity index (χ1n) is 11.6. The van der Waals surface area contributed by atoms with E-state index < -0.39 is 0 Å². The third-order valence-corrected chi connectivity index (χ3v) is 6.31. The fourth-order valence-electron chi connectivity index (χ4n) is 4.80.